The Balaban J connectivity index is 1.48. The minimum atomic E-state index is -0.122. The smallest absolute Gasteiger partial charge is 0.287 e. The first-order valence-electron chi connectivity index (χ1n) is 7.35. The third kappa shape index (κ3) is 3.40. The normalized spacial score (nSPS) is 16.2. The predicted molar refractivity (Wildman–Crippen MR) is 79.4 cm³/mol. The topological polar surface area (TPSA) is 58.9 Å². The first kappa shape index (κ1) is 14.0. The number of fused-ring (bicyclic) bond motifs is 1. The van der Waals surface area contributed by atoms with Crippen molar-refractivity contribution in [3.8, 4) is 0 Å². The van der Waals surface area contributed by atoms with Crippen LogP contribution < -0.4 is 5.32 Å². The molecule has 0 atom stereocenters. The van der Waals surface area contributed by atoms with Crippen molar-refractivity contribution in [2.75, 3.05) is 39.4 Å². The van der Waals surface area contributed by atoms with E-state index in [1.165, 1.54) is 0 Å². The highest BCUT2D eigenvalue weighted by atomic mass is 16.5. The van der Waals surface area contributed by atoms with Crippen LogP contribution >= 0.6 is 0 Å². The zero-order valence-corrected chi connectivity index (χ0v) is 12.0. The number of morpholine rings is 1. The zero-order valence-electron chi connectivity index (χ0n) is 12.0. The summed E-state index contributed by atoms with van der Waals surface area (Å²) in [5, 5.41) is 2.94. The Bertz CT molecular complexity index is 604. The number of rotatable bonds is 5. The van der Waals surface area contributed by atoms with Gasteiger partial charge in [-0.3, -0.25) is 14.1 Å². The van der Waals surface area contributed by atoms with E-state index in [0.717, 1.165) is 44.8 Å². The number of hydrogen-bond acceptors (Lipinski definition) is 4. The molecule has 0 aliphatic carbocycles. The number of imidazole rings is 1. The fourth-order valence-corrected chi connectivity index (χ4v) is 2.52. The van der Waals surface area contributed by atoms with E-state index < -0.39 is 0 Å². The molecular weight excluding hydrogens is 268 g/mol. The van der Waals surface area contributed by atoms with Crippen molar-refractivity contribution >= 4 is 11.4 Å². The van der Waals surface area contributed by atoms with Crippen LogP contribution in [0.4, 0.5) is 0 Å². The third-order valence-electron chi connectivity index (χ3n) is 3.68. The van der Waals surface area contributed by atoms with Gasteiger partial charge in [-0.05, 0) is 25.1 Å². The van der Waals surface area contributed by atoms with Crippen LogP contribution in [0.3, 0.4) is 0 Å². The van der Waals surface area contributed by atoms with Crippen molar-refractivity contribution in [2.24, 2.45) is 0 Å². The molecule has 1 fully saturated rings. The summed E-state index contributed by atoms with van der Waals surface area (Å²) in [5.41, 5.74) is 0.927. The lowest BCUT2D eigenvalue weighted by Gasteiger charge is -2.26. The lowest BCUT2D eigenvalue weighted by molar-refractivity contribution is 0.0374. The summed E-state index contributed by atoms with van der Waals surface area (Å²) in [6.07, 6.45) is 4.50. The number of pyridine rings is 1. The minimum Gasteiger partial charge on any atom is -0.379 e. The number of carbonyl (C=O) groups is 1. The van der Waals surface area contributed by atoms with E-state index in [1.807, 2.05) is 24.4 Å². The van der Waals surface area contributed by atoms with Gasteiger partial charge in [-0.25, -0.2) is 4.98 Å². The maximum atomic E-state index is 12.1. The molecule has 3 heterocycles. The third-order valence-corrected chi connectivity index (χ3v) is 3.68. The summed E-state index contributed by atoms with van der Waals surface area (Å²) in [4.78, 5) is 18.7. The molecule has 2 aromatic heterocycles. The molecule has 6 nitrogen and oxygen atoms in total. The van der Waals surface area contributed by atoms with Crippen molar-refractivity contribution in [1.82, 2.24) is 19.6 Å². The van der Waals surface area contributed by atoms with E-state index in [4.69, 9.17) is 4.74 Å². The minimum absolute atomic E-state index is 0.122. The lowest BCUT2D eigenvalue weighted by Crippen LogP contribution is -2.38. The number of aromatic nitrogens is 2. The van der Waals surface area contributed by atoms with Crippen LogP contribution in [0.2, 0.25) is 0 Å². The van der Waals surface area contributed by atoms with Crippen LogP contribution in [0.1, 0.15) is 17.0 Å². The largest absolute Gasteiger partial charge is 0.379 e. The van der Waals surface area contributed by atoms with Crippen LogP contribution in [0, 0.1) is 0 Å². The van der Waals surface area contributed by atoms with Crippen molar-refractivity contribution < 1.29 is 9.53 Å². The molecule has 3 rings (SSSR count). The number of amides is 1. The number of nitrogens with one attached hydrogen (secondary N) is 1. The molecule has 0 aromatic carbocycles. The first-order valence-corrected chi connectivity index (χ1v) is 7.35. The van der Waals surface area contributed by atoms with Crippen LogP contribution in [-0.2, 0) is 4.74 Å². The fraction of sp³-hybridized carbons (Fsp3) is 0.467. The highest BCUT2D eigenvalue weighted by molar-refractivity contribution is 5.91. The monoisotopic (exact) mass is 288 g/mol. The lowest BCUT2D eigenvalue weighted by atomic mass is 10.3. The van der Waals surface area contributed by atoms with Crippen LogP contribution in [0.25, 0.3) is 5.52 Å². The first-order chi connectivity index (χ1) is 10.3. The maximum Gasteiger partial charge on any atom is 0.287 e. The molecule has 0 saturated carbocycles. The van der Waals surface area contributed by atoms with Gasteiger partial charge in [-0.2, -0.15) is 0 Å². The van der Waals surface area contributed by atoms with Crippen molar-refractivity contribution in [2.45, 2.75) is 6.42 Å². The van der Waals surface area contributed by atoms with Gasteiger partial charge in [0.1, 0.15) is 0 Å². The van der Waals surface area contributed by atoms with Gasteiger partial charge in [0.15, 0.2) is 0 Å². The summed E-state index contributed by atoms with van der Waals surface area (Å²) < 4.78 is 7.11. The predicted octanol–water partition coefficient (Wildman–Crippen LogP) is 0.786. The van der Waals surface area contributed by atoms with Gasteiger partial charge in [0.25, 0.3) is 5.91 Å². The Kier molecular flexibility index (Phi) is 4.47. The molecule has 0 bridgehead atoms. The van der Waals surface area contributed by atoms with E-state index in [0.29, 0.717) is 12.4 Å². The van der Waals surface area contributed by atoms with E-state index in [9.17, 15) is 4.79 Å². The Hall–Kier alpha value is -1.92. The second-order valence-corrected chi connectivity index (χ2v) is 5.14. The van der Waals surface area contributed by atoms with Gasteiger partial charge in [0.05, 0.1) is 24.9 Å². The molecule has 21 heavy (non-hydrogen) atoms. The van der Waals surface area contributed by atoms with Gasteiger partial charge in [-0.15, -0.1) is 0 Å². The summed E-state index contributed by atoms with van der Waals surface area (Å²) >= 11 is 0. The summed E-state index contributed by atoms with van der Waals surface area (Å²) in [6.45, 7) is 5.25. The molecule has 0 spiro atoms. The molecule has 0 unspecified atom stereocenters. The molecule has 1 aliphatic heterocycles. The van der Waals surface area contributed by atoms with Crippen LogP contribution in [-0.4, -0.2) is 59.6 Å². The van der Waals surface area contributed by atoms with Crippen molar-refractivity contribution in [1.29, 1.82) is 0 Å². The second kappa shape index (κ2) is 6.69. The number of ether oxygens (including phenoxy) is 1. The quantitative estimate of drug-likeness (QED) is 0.826. The molecule has 6 heteroatoms. The highest BCUT2D eigenvalue weighted by Gasteiger charge is 2.13. The standard InChI is InChI=1S/C15H20N4O2/c20-15(14-17-12-13-4-1-2-7-19(13)14)16-5-3-6-18-8-10-21-11-9-18/h1-2,4,7,12H,3,5-6,8-11H2,(H,16,20). The summed E-state index contributed by atoms with van der Waals surface area (Å²) in [6, 6.07) is 5.76. The van der Waals surface area contributed by atoms with Crippen LogP contribution in [0.5, 0.6) is 0 Å². The fourth-order valence-electron chi connectivity index (χ4n) is 2.52. The molecule has 1 saturated heterocycles. The van der Waals surface area contributed by atoms with Crippen LogP contribution in [0.15, 0.2) is 30.6 Å². The molecule has 1 amide bonds. The Morgan fingerprint density at radius 1 is 1.33 bits per heavy atom. The number of hydrogen-bond donors (Lipinski definition) is 1. The molecule has 1 aliphatic rings. The van der Waals surface area contributed by atoms with E-state index in [-0.39, 0.29) is 5.91 Å². The van der Waals surface area contributed by atoms with Gasteiger partial charge in [0, 0.05) is 25.8 Å². The SMILES string of the molecule is O=C(NCCCN1CCOCC1)c1ncc2ccccn12. The second-order valence-electron chi connectivity index (χ2n) is 5.14. The molecule has 2 aromatic rings. The maximum absolute atomic E-state index is 12.1. The Morgan fingerprint density at radius 3 is 3.05 bits per heavy atom. The zero-order chi connectivity index (χ0) is 14.5. The average Bonchev–Trinajstić information content (AvgIpc) is 2.96. The van der Waals surface area contributed by atoms with Crippen molar-refractivity contribution in [3.05, 3.63) is 36.4 Å². The highest BCUT2D eigenvalue weighted by Crippen LogP contribution is 2.06. The number of nitrogens with zero attached hydrogens (tertiary/aromatic N) is 3. The molecule has 112 valence electrons. The summed E-state index contributed by atoms with van der Waals surface area (Å²) in [5.74, 6) is 0.320. The molecule has 0 radical (unpaired) electrons. The van der Waals surface area contributed by atoms with E-state index in [2.05, 4.69) is 15.2 Å². The van der Waals surface area contributed by atoms with E-state index in [1.54, 1.807) is 10.6 Å². The van der Waals surface area contributed by atoms with Crippen molar-refractivity contribution in [3.63, 3.8) is 0 Å². The Labute approximate surface area is 123 Å². The van der Waals surface area contributed by atoms with Gasteiger partial charge >= 0.3 is 0 Å². The van der Waals surface area contributed by atoms with Gasteiger partial charge < -0.3 is 10.1 Å². The summed E-state index contributed by atoms with van der Waals surface area (Å²) in [7, 11) is 0. The Morgan fingerprint density at radius 2 is 2.19 bits per heavy atom. The van der Waals surface area contributed by atoms with Gasteiger partial charge in [-0.1, -0.05) is 6.07 Å². The molecular formula is C15H20N4O2. The van der Waals surface area contributed by atoms with Gasteiger partial charge in [0.2, 0.25) is 5.82 Å². The molecule has 1 N–H and O–H groups in total. The van der Waals surface area contributed by atoms with E-state index >= 15 is 0 Å². The number of carbonyl (C=O) groups excluding carboxylic acids is 1. The average molecular weight is 288 g/mol.